The largest absolute Gasteiger partial charge is 1.00 e. The molecule has 0 radical (unpaired) electrons. The van der Waals surface area contributed by atoms with E-state index < -0.39 is 0 Å². The maximum Gasteiger partial charge on any atom is 0.257 e. The molecule has 2 heterocycles. The Bertz CT molecular complexity index is 856. The lowest BCUT2D eigenvalue weighted by Crippen LogP contribution is -3.00. The third kappa shape index (κ3) is 3.06. The Labute approximate surface area is 151 Å². The monoisotopic (exact) mass is 362 g/mol. The van der Waals surface area contributed by atoms with E-state index in [0.717, 1.165) is 47.8 Å². The number of benzene rings is 2. The average Bonchev–Trinajstić information content (AvgIpc) is 3.14. The molecule has 3 aromatic rings. The molecule has 1 aliphatic heterocycles. The SMILES string of the molecule is Fc1ccc(-c2c[n+](Cc3ccccc3Cl)c3n2CCC3)cc1.[Cl-]. The molecule has 0 bridgehead atoms. The van der Waals surface area contributed by atoms with Gasteiger partial charge in [0, 0.05) is 16.1 Å². The quantitative estimate of drug-likeness (QED) is 0.619. The Hall–Kier alpha value is -1.84. The molecule has 5 heteroatoms. The number of fused-ring (bicyclic) bond motifs is 1. The van der Waals surface area contributed by atoms with E-state index in [1.165, 1.54) is 18.0 Å². The molecule has 0 fully saturated rings. The summed E-state index contributed by atoms with van der Waals surface area (Å²) in [6.07, 6.45) is 4.36. The van der Waals surface area contributed by atoms with Crippen molar-refractivity contribution < 1.29 is 21.4 Å². The molecule has 24 heavy (non-hydrogen) atoms. The zero-order chi connectivity index (χ0) is 15.8. The summed E-state index contributed by atoms with van der Waals surface area (Å²) in [5.41, 5.74) is 3.31. The molecule has 0 saturated heterocycles. The number of halogens is 3. The van der Waals surface area contributed by atoms with Crippen molar-refractivity contribution in [1.29, 1.82) is 0 Å². The summed E-state index contributed by atoms with van der Waals surface area (Å²) >= 11 is 6.30. The van der Waals surface area contributed by atoms with E-state index in [1.807, 2.05) is 30.3 Å². The van der Waals surface area contributed by atoms with Crippen LogP contribution in [0.15, 0.2) is 54.7 Å². The highest BCUT2D eigenvalue weighted by Gasteiger charge is 2.28. The highest BCUT2D eigenvalue weighted by atomic mass is 35.5. The summed E-state index contributed by atoms with van der Waals surface area (Å²) in [4.78, 5) is 0. The zero-order valence-corrected chi connectivity index (χ0v) is 14.6. The molecule has 0 N–H and O–H groups in total. The zero-order valence-electron chi connectivity index (χ0n) is 13.1. The molecule has 1 aliphatic rings. The van der Waals surface area contributed by atoms with Crippen LogP contribution >= 0.6 is 11.6 Å². The van der Waals surface area contributed by atoms with Crippen LogP contribution in [0.4, 0.5) is 4.39 Å². The minimum Gasteiger partial charge on any atom is -1.00 e. The van der Waals surface area contributed by atoms with Crippen LogP contribution in [0.25, 0.3) is 11.3 Å². The summed E-state index contributed by atoms with van der Waals surface area (Å²) in [6, 6.07) is 14.7. The van der Waals surface area contributed by atoms with Gasteiger partial charge in [-0.3, -0.25) is 0 Å². The van der Waals surface area contributed by atoms with Crippen LogP contribution < -0.4 is 17.0 Å². The molecule has 124 valence electrons. The Balaban J connectivity index is 0.00000169. The van der Waals surface area contributed by atoms with E-state index in [4.69, 9.17) is 11.6 Å². The summed E-state index contributed by atoms with van der Waals surface area (Å²) in [6.45, 7) is 1.77. The van der Waals surface area contributed by atoms with Gasteiger partial charge in [0.2, 0.25) is 0 Å². The van der Waals surface area contributed by atoms with Crippen molar-refractivity contribution in [1.82, 2.24) is 4.57 Å². The van der Waals surface area contributed by atoms with Gasteiger partial charge in [-0.25, -0.2) is 13.5 Å². The Kier molecular flexibility index (Phi) is 4.93. The molecule has 1 aromatic heterocycles. The third-order valence-electron chi connectivity index (χ3n) is 4.43. The first-order chi connectivity index (χ1) is 11.2. The third-order valence-corrected chi connectivity index (χ3v) is 4.80. The number of nitrogens with zero attached hydrogens (tertiary/aromatic N) is 2. The lowest BCUT2D eigenvalue weighted by Gasteiger charge is -2.02. The van der Waals surface area contributed by atoms with Gasteiger partial charge in [-0.2, -0.15) is 0 Å². The smallest absolute Gasteiger partial charge is 0.257 e. The van der Waals surface area contributed by atoms with Crippen LogP contribution in [-0.2, 0) is 19.5 Å². The van der Waals surface area contributed by atoms with Gasteiger partial charge in [-0.15, -0.1) is 0 Å². The van der Waals surface area contributed by atoms with Gasteiger partial charge in [-0.05, 0) is 36.8 Å². The van der Waals surface area contributed by atoms with Crippen LogP contribution in [-0.4, -0.2) is 4.57 Å². The highest BCUT2D eigenvalue weighted by Crippen LogP contribution is 2.25. The highest BCUT2D eigenvalue weighted by molar-refractivity contribution is 6.31. The second kappa shape index (κ2) is 6.96. The maximum atomic E-state index is 13.2. The van der Waals surface area contributed by atoms with Crippen molar-refractivity contribution in [3.63, 3.8) is 0 Å². The Morgan fingerprint density at radius 3 is 2.58 bits per heavy atom. The topological polar surface area (TPSA) is 8.81 Å². The van der Waals surface area contributed by atoms with Crippen LogP contribution in [0.2, 0.25) is 5.02 Å². The van der Waals surface area contributed by atoms with Gasteiger partial charge in [0.1, 0.15) is 18.6 Å². The second-order valence-corrected chi connectivity index (χ2v) is 6.32. The standard InChI is InChI=1S/C19H17ClFN2.ClH/c20-17-5-2-1-4-15(17)12-22-13-18(23-11-3-6-19(22)23)14-7-9-16(21)10-8-14;/h1-2,4-5,7-10,13H,3,6,11-12H2;1H/q+1;/p-1. The van der Waals surface area contributed by atoms with Crippen LogP contribution in [0.1, 0.15) is 17.8 Å². The van der Waals surface area contributed by atoms with Crippen LogP contribution in [0.3, 0.4) is 0 Å². The number of hydrogen-bond acceptors (Lipinski definition) is 0. The van der Waals surface area contributed by atoms with Crippen LogP contribution in [0.5, 0.6) is 0 Å². The number of hydrogen-bond donors (Lipinski definition) is 0. The van der Waals surface area contributed by atoms with Crippen molar-refractivity contribution in [3.8, 4) is 11.3 Å². The molecular weight excluding hydrogens is 346 g/mol. The molecule has 0 atom stereocenters. The molecule has 0 unspecified atom stereocenters. The summed E-state index contributed by atoms with van der Waals surface area (Å²) in [7, 11) is 0. The fourth-order valence-electron chi connectivity index (χ4n) is 3.31. The van der Waals surface area contributed by atoms with Gasteiger partial charge in [0.25, 0.3) is 5.82 Å². The number of rotatable bonds is 3. The normalized spacial score (nSPS) is 12.8. The van der Waals surface area contributed by atoms with Gasteiger partial charge < -0.3 is 12.4 Å². The van der Waals surface area contributed by atoms with Crippen molar-refractivity contribution in [2.75, 3.05) is 0 Å². The molecule has 0 spiro atoms. The van der Waals surface area contributed by atoms with Gasteiger partial charge in [0.15, 0.2) is 5.69 Å². The number of imidazole rings is 1. The first kappa shape index (κ1) is 17.0. The average molecular weight is 363 g/mol. The summed E-state index contributed by atoms with van der Waals surface area (Å²) < 4.78 is 17.8. The van der Waals surface area contributed by atoms with E-state index in [-0.39, 0.29) is 18.2 Å². The van der Waals surface area contributed by atoms with Crippen molar-refractivity contribution in [3.05, 3.63) is 77.0 Å². The van der Waals surface area contributed by atoms with Crippen LogP contribution in [0, 0.1) is 5.82 Å². The predicted molar refractivity (Wildman–Crippen MR) is 88.9 cm³/mol. The molecule has 0 aliphatic carbocycles. The van der Waals surface area contributed by atoms with E-state index >= 15 is 0 Å². The molecule has 2 aromatic carbocycles. The molecule has 2 nitrogen and oxygen atoms in total. The lowest BCUT2D eigenvalue weighted by molar-refractivity contribution is -0.694. The minimum atomic E-state index is -0.203. The summed E-state index contributed by atoms with van der Waals surface area (Å²) in [5.74, 6) is 1.11. The van der Waals surface area contributed by atoms with E-state index in [0.29, 0.717) is 0 Å². The van der Waals surface area contributed by atoms with E-state index in [2.05, 4.69) is 21.4 Å². The summed E-state index contributed by atoms with van der Waals surface area (Å²) in [5, 5.41) is 0.793. The van der Waals surface area contributed by atoms with Gasteiger partial charge >= 0.3 is 0 Å². The minimum absolute atomic E-state index is 0. The molecule has 0 amide bonds. The van der Waals surface area contributed by atoms with Crippen molar-refractivity contribution in [2.45, 2.75) is 25.9 Å². The Morgan fingerprint density at radius 1 is 1.08 bits per heavy atom. The van der Waals surface area contributed by atoms with Gasteiger partial charge in [0.05, 0.1) is 13.0 Å². The lowest BCUT2D eigenvalue weighted by atomic mass is 10.1. The molecule has 0 saturated carbocycles. The number of aromatic nitrogens is 2. The molecule has 4 rings (SSSR count). The Morgan fingerprint density at radius 2 is 1.83 bits per heavy atom. The van der Waals surface area contributed by atoms with E-state index in [1.54, 1.807) is 0 Å². The maximum absolute atomic E-state index is 13.2. The van der Waals surface area contributed by atoms with Gasteiger partial charge in [-0.1, -0.05) is 29.8 Å². The first-order valence-corrected chi connectivity index (χ1v) is 8.21. The molecular formula is C19H17Cl2FN2. The fraction of sp³-hybridized carbons (Fsp3) is 0.211. The fourth-order valence-corrected chi connectivity index (χ4v) is 3.50. The predicted octanol–water partition coefficient (Wildman–Crippen LogP) is 1.23. The van der Waals surface area contributed by atoms with Crippen molar-refractivity contribution >= 4 is 11.6 Å². The van der Waals surface area contributed by atoms with Crippen molar-refractivity contribution in [2.24, 2.45) is 0 Å². The second-order valence-electron chi connectivity index (χ2n) is 5.91. The van der Waals surface area contributed by atoms with E-state index in [9.17, 15) is 4.39 Å². The first-order valence-electron chi connectivity index (χ1n) is 7.83.